The fraction of sp³-hybridized carbons (Fsp3) is 0.900. The van der Waals surface area contributed by atoms with Crippen LogP contribution in [-0.4, -0.2) is 372 Å². The Kier molecular flexibility index (Phi) is 42.5. The van der Waals surface area contributed by atoms with Gasteiger partial charge in [-0.3, -0.25) is 9.59 Å². The fourth-order valence-corrected chi connectivity index (χ4v) is 20.7. The molecule has 25 N–H and O–H groups in total. The smallest absolute Gasteiger partial charge is 0.311 e. The number of aliphatic hydroxyl groups is 16. The number of likely N-dealkylation sites (N-methyl/N-ethyl adjacent to an activating group) is 1. The first kappa shape index (κ1) is 111. The molecule has 0 aromatic rings. The third-order valence-electron chi connectivity index (χ3n) is 28.5. The minimum Gasteiger partial charge on any atom is -0.459 e. The lowest BCUT2D eigenvalue weighted by molar-refractivity contribution is -0.332. The lowest BCUT2D eigenvalue weighted by atomic mass is 9.60. The Bertz CT molecular complexity index is 3490. The van der Waals surface area contributed by atoms with Crippen LogP contribution in [0.2, 0.25) is 0 Å². The van der Waals surface area contributed by atoms with Crippen LogP contribution in [0.5, 0.6) is 0 Å². The van der Waals surface area contributed by atoms with Crippen LogP contribution in [0.4, 0.5) is 0 Å². The van der Waals surface area contributed by atoms with Gasteiger partial charge in [-0.25, -0.2) is 0 Å². The van der Waals surface area contributed by atoms with Crippen molar-refractivity contribution in [2.24, 2.45) is 74.9 Å². The molecule has 1 amide bonds. The molecule has 0 bridgehead atoms. The highest BCUT2D eigenvalue weighted by Crippen LogP contribution is 2.60. The van der Waals surface area contributed by atoms with Crippen LogP contribution in [0, 0.1) is 46.8 Å². The number of carbonyl (C=O) groups excluding carboxylic acids is 2. The van der Waals surface area contributed by atoms with Crippen molar-refractivity contribution in [2.75, 3.05) is 68.0 Å². The van der Waals surface area contributed by atoms with Gasteiger partial charge in [0.05, 0.1) is 103 Å². The first-order valence-corrected chi connectivity index (χ1v) is 46.0. The molecule has 9 aliphatic rings. The predicted octanol–water partition coefficient (Wildman–Crippen LogP) is -0.510. The number of cyclic esters (lactones) is 1. The average Bonchev–Trinajstić information content (AvgIpc) is 1.76. The molecule has 0 spiro atoms. The molecule has 0 aromatic heterocycles. The Morgan fingerprint density at radius 3 is 2.02 bits per heavy atom. The normalized spacial score (nSPS) is 44.6. The number of ether oxygens (including phenoxy) is 12. The SMILES string of the molecule is C=C1/C(=C\C=C2/CCC[C@]3(C)[C@@H]([C@H](C)CCCC(C)(C)O)CC[C@@H]23)C[C@@H](O)C[C@@H]1O.CC[C@H]1OC(=O)[C@H](C)[C@@H](OC2CC(C)(OC)C(O)C(C)O2)[C@H](C)[C@@H](OC2OC(C)CC(N(C)C)C2O)[C@](C)(O)C[C@@H](C)/C(=N\OCOCCOC)[C@H](C)[C@@H](O)[C@]1(C)O.NCC[C@@H](O)C(=O)NC1CC(N)C(OC2OC(CN)C(O)C(O)C2O)C(O)C1OC1OC(CO)C(O)C(N)C1O. The van der Waals surface area contributed by atoms with E-state index in [2.05, 4.69) is 43.1 Å². The van der Waals surface area contributed by atoms with E-state index in [4.69, 9.17) is 84.6 Å². The van der Waals surface area contributed by atoms with Crippen LogP contribution >= 0.6 is 0 Å². The molecule has 38 heteroatoms. The minimum absolute atomic E-state index is 0.0101. The average molecular weight is 1840 g/mol. The predicted molar refractivity (Wildman–Crippen MR) is 468 cm³/mol. The van der Waals surface area contributed by atoms with Gasteiger partial charge in [-0.15, -0.1) is 0 Å². The van der Waals surface area contributed by atoms with Crippen molar-refractivity contribution >= 4 is 17.6 Å². The maximum absolute atomic E-state index is 14.3. The number of fused-ring (bicyclic) bond motifs is 1. The van der Waals surface area contributed by atoms with Gasteiger partial charge in [0.15, 0.2) is 25.2 Å². The molecule has 9 fully saturated rings. The standard InChI is InChI=1S/C41H76N2O15.C27H44O3.C22H43N5O13/c1-15-29-41(10,49)34(45)24(4)31(42-53-21-52-17-16-50-13)22(2)19-39(8,48)36(58-38-32(44)28(43(11)12)18-23(3)54-38)25(5)33(26(6)37(47)56-29)57-30-20-40(9,51-14)35(46)27(7)55-30;1-18(8-6-14-26(3,4)30)23-12-13-24-20(9-7-15-27(23,24)5)10-11-21-16-22(28)17-25(29)19(21)2;23-2-1-8(29)20(36)27-7-3-6(25)18(39-22-16(34)15(33)13(31)9(4-24)37-22)17(35)19(7)40-21-14(32)11(26)12(30)10(5-28)38-21/h22-30,32-36,38,44-46,48-49H,15-21H2,1-14H3;10-11,18,22-25,28-30H,2,6-9,12-17H2,1,3-5H3;6-19,21-22,28-35H,1-5,23-26H2,(H,27,36)/b42-31+;20-10+,21-11-;/t22-,23?,24+,25+,26-,27?,28?,29-,30?,32?,33+,34-,35?,36-,38?,39-,40?,41-;18-,22-,23-,24+,25+,27-;6?,7?,8-,9?,10?,11?,12?,13?,14?,15?,16?,17?,18?,19?,21?,22?/m111/s1. The Labute approximate surface area is 755 Å². The van der Waals surface area contributed by atoms with Crippen molar-refractivity contribution in [2.45, 2.75) is 400 Å². The van der Waals surface area contributed by atoms with Crippen LogP contribution in [0.1, 0.15) is 200 Å². The van der Waals surface area contributed by atoms with Crippen LogP contribution < -0.4 is 28.3 Å². The summed E-state index contributed by atoms with van der Waals surface area (Å²) in [6, 6.07) is -3.78. The molecule has 40 atom stereocenters. The molecule has 4 saturated carbocycles. The van der Waals surface area contributed by atoms with E-state index in [1.54, 1.807) is 61.1 Å². The summed E-state index contributed by atoms with van der Waals surface area (Å²) >= 11 is 0. The summed E-state index contributed by atoms with van der Waals surface area (Å²) in [4.78, 5) is 34.4. The molecule has 0 aromatic carbocycles. The van der Waals surface area contributed by atoms with Crippen LogP contribution in [-0.2, 0) is 71.3 Å². The Balaban J connectivity index is 0.000000278. The molecule has 9 rings (SSSR count). The molecule has 5 saturated heterocycles. The van der Waals surface area contributed by atoms with Crippen molar-refractivity contribution in [3.8, 4) is 0 Å². The van der Waals surface area contributed by atoms with Gasteiger partial charge in [-0.1, -0.05) is 83.8 Å². The van der Waals surface area contributed by atoms with Gasteiger partial charge < -0.3 is 177 Å². The van der Waals surface area contributed by atoms with E-state index in [9.17, 15) is 91.3 Å². The minimum atomic E-state index is -1.97. The first-order chi connectivity index (χ1) is 59.8. The summed E-state index contributed by atoms with van der Waals surface area (Å²) in [7, 11) is 6.76. The van der Waals surface area contributed by atoms with Crippen LogP contribution in [0.3, 0.4) is 0 Å². The zero-order valence-corrected chi connectivity index (χ0v) is 78.7. The number of aliphatic hydroxyl groups excluding tert-OH is 13. The topological polar surface area (TPSA) is 610 Å². The molecule has 744 valence electrons. The maximum atomic E-state index is 14.3. The molecule has 23 unspecified atom stereocenters. The number of oxime groups is 1. The fourth-order valence-electron chi connectivity index (χ4n) is 20.7. The molecule has 5 aliphatic heterocycles. The van der Waals surface area contributed by atoms with Crippen molar-refractivity contribution in [1.29, 1.82) is 0 Å². The van der Waals surface area contributed by atoms with Crippen molar-refractivity contribution in [1.82, 2.24) is 10.2 Å². The van der Waals surface area contributed by atoms with E-state index in [0.717, 1.165) is 29.9 Å². The summed E-state index contributed by atoms with van der Waals surface area (Å²) in [5, 5.41) is 179. The third kappa shape index (κ3) is 27.8. The van der Waals surface area contributed by atoms with E-state index in [0.29, 0.717) is 48.8 Å². The largest absolute Gasteiger partial charge is 0.459 e. The molecule has 5 heterocycles. The second-order valence-electron chi connectivity index (χ2n) is 39.4. The van der Waals surface area contributed by atoms with Gasteiger partial charge in [0, 0.05) is 63.4 Å². The zero-order chi connectivity index (χ0) is 95.9. The van der Waals surface area contributed by atoms with Crippen LogP contribution in [0.15, 0.2) is 40.6 Å². The molecule has 0 radical (unpaired) electrons. The van der Waals surface area contributed by atoms with Gasteiger partial charge in [-0.05, 0) is 187 Å². The quantitative estimate of drug-likeness (QED) is 0.0194. The first-order valence-electron chi connectivity index (χ1n) is 46.0. The van der Waals surface area contributed by atoms with Gasteiger partial charge in [0.1, 0.15) is 91.1 Å². The van der Waals surface area contributed by atoms with E-state index >= 15 is 0 Å². The number of allylic oxidation sites excluding steroid dienone is 3. The van der Waals surface area contributed by atoms with Gasteiger partial charge in [-0.2, -0.15) is 0 Å². The third-order valence-corrected chi connectivity index (χ3v) is 28.5. The summed E-state index contributed by atoms with van der Waals surface area (Å²) in [5.74, 6) is -2.88. The van der Waals surface area contributed by atoms with Crippen molar-refractivity contribution in [3.63, 3.8) is 0 Å². The summed E-state index contributed by atoms with van der Waals surface area (Å²) in [6.07, 6.45) is -15.5. The molecular formula is C90H163N7O31. The highest BCUT2D eigenvalue weighted by molar-refractivity contribution is 5.89. The molecular weight excluding hydrogens is 1680 g/mol. The number of amides is 1. The van der Waals surface area contributed by atoms with Gasteiger partial charge in [0.2, 0.25) is 12.7 Å². The monoisotopic (exact) mass is 1840 g/mol. The number of hydrogen-bond donors (Lipinski definition) is 21. The Morgan fingerprint density at radius 2 is 1.41 bits per heavy atom. The number of nitrogens with two attached hydrogens (primary N) is 4. The highest BCUT2D eigenvalue weighted by Gasteiger charge is 2.58. The number of methoxy groups -OCH3 is 2. The number of nitrogens with one attached hydrogen (secondary N) is 1. The van der Waals surface area contributed by atoms with Crippen LogP contribution in [0.25, 0.3) is 0 Å². The summed E-state index contributed by atoms with van der Waals surface area (Å²) in [5.41, 5.74) is 21.8. The molecule has 38 nitrogen and oxygen atoms in total. The van der Waals surface area contributed by atoms with E-state index in [1.165, 1.54) is 52.6 Å². The molecule has 4 aliphatic carbocycles. The van der Waals surface area contributed by atoms with E-state index in [1.807, 2.05) is 46.7 Å². The van der Waals surface area contributed by atoms with E-state index in [-0.39, 0.29) is 70.7 Å². The number of nitrogens with zero attached hydrogens (tertiary/aromatic N) is 2. The second-order valence-corrected chi connectivity index (χ2v) is 39.4. The number of rotatable bonds is 29. The number of carbonyl (C=O) groups is 2. The van der Waals surface area contributed by atoms with Gasteiger partial charge >= 0.3 is 5.97 Å². The summed E-state index contributed by atoms with van der Waals surface area (Å²) < 4.78 is 70.6. The zero-order valence-electron chi connectivity index (χ0n) is 78.7. The number of hydrogen-bond acceptors (Lipinski definition) is 37. The second kappa shape index (κ2) is 48.9. The highest BCUT2D eigenvalue weighted by atomic mass is 16.8. The van der Waals surface area contributed by atoms with E-state index < -0.39 is 230 Å². The number of esters is 1. The summed E-state index contributed by atoms with van der Waals surface area (Å²) in [6.45, 7) is 29.2. The molecule has 128 heavy (non-hydrogen) atoms. The lowest BCUT2D eigenvalue weighted by Crippen LogP contribution is -2.69. The Morgan fingerprint density at radius 1 is 0.758 bits per heavy atom. The lowest BCUT2D eigenvalue weighted by Gasteiger charge is -2.49. The maximum Gasteiger partial charge on any atom is 0.311 e. The Hall–Kier alpha value is -3.65. The van der Waals surface area contributed by atoms with Crippen molar-refractivity contribution < 1.29 is 153 Å². The van der Waals surface area contributed by atoms with Gasteiger partial charge in [0.25, 0.3) is 0 Å². The van der Waals surface area contributed by atoms with Crippen molar-refractivity contribution in [3.05, 3.63) is 35.5 Å².